The Kier molecular flexibility index (Phi) is 3.39. The number of fused-ring (bicyclic) bond motifs is 1. The summed E-state index contributed by atoms with van der Waals surface area (Å²) < 4.78 is 15.3. The molecule has 2 rings (SSSR count). The van der Waals surface area contributed by atoms with E-state index in [9.17, 15) is 4.39 Å². The molecule has 0 aliphatic heterocycles. The average Bonchev–Trinajstić information content (AvgIpc) is 2.62. The van der Waals surface area contributed by atoms with Crippen molar-refractivity contribution in [3.05, 3.63) is 29.8 Å². The van der Waals surface area contributed by atoms with Crippen LogP contribution in [0.4, 0.5) is 4.39 Å². The molecule has 1 aromatic carbocycles. The fourth-order valence-corrected chi connectivity index (χ4v) is 2.13. The van der Waals surface area contributed by atoms with Gasteiger partial charge in [0.2, 0.25) is 0 Å². The van der Waals surface area contributed by atoms with Gasteiger partial charge in [-0.2, -0.15) is 0 Å². The average molecular weight is 249 g/mol. The van der Waals surface area contributed by atoms with Crippen LogP contribution in [-0.4, -0.2) is 15.1 Å². The normalized spacial score (nSPS) is 12.3. The molecule has 3 nitrogen and oxygen atoms in total. The van der Waals surface area contributed by atoms with Crippen molar-refractivity contribution in [2.24, 2.45) is 5.73 Å². The topological polar surface area (TPSA) is 43.8 Å². The molecular formula is C14H20FN3. The molecular weight excluding hydrogens is 229 g/mol. The summed E-state index contributed by atoms with van der Waals surface area (Å²) in [5.41, 5.74) is 7.50. The van der Waals surface area contributed by atoms with E-state index in [2.05, 4.69) is 16.5 Å². The molecule has 0 saturated heterocycles. The van der Waals surface area contributed by atoms with Crippen LogP contribution >= 0.6 is 0 Å². The van der Waals surface area contributed by atoms with Gasteiger partial charge in [0.05, 0.1) is 11.0 Å². The molecule has 1 aromatic heterocycles. The summed E-state index contributed by atoms with van der Waals surface area (Å²) in [6, 6.07) is 4.75. The van der Waals surface area contributed by atoms with Crippen molar-refractivity contribution < 1.29 is 4.39 Å². The van der Waals surface area contributed by atoms with Gasteiger partial charge in [-0.3, -0.25) is 0 Å². The molecule has 0 bridgehead atoms. The lowest BCUT2D eigenvalue weighted by molar-refractivity contribution is 0.466. The van der Waals surface area contributed by atoms with E-state index in [1.807, 2.05) is 13.8 Å². The highest BCUT2D eigenvalue weighted by atomic mass is 19.1. The van der Waals surface area contributed by atoms with Crippen molar-refractivity contribution >= 4 is 11.0 Å². The van der Waals surface area contributed by atoms with E-state index in [-0.39, 0.29) is 11.4 Å². The van der Waals surface area contributed by atoms with Crippen LogP contribution in [0, 0.1) is 5.82 Å². The zero-order chi connectivity index (χ0) is 13.3. The summed E-state index contributed by atoms with van der Waals surface area (Å²) in [4.78, 5) is 4.51. The number of rotatable bonds is 4. The van der Waals surface area contributed by atoms with Gasteiger partial charge < -0.3 is 10.3 Å². The molecule has 0 radical (unpaired) electrons. The monoisotopic (exact) mass is 249 g/mol. The second-order valence-corrected chi connectivity index (χ2v) is 5.39. The molecule has 4 heteroatoms. The van der Waals surface area contributed by atoms with Gasteiger partial charge in [0.25, 0.3) is 0 Å². The quantitative estimate of drug-likeness (QED) is 0.905. The van der Waals surface area contributed by atoms with E-state index in [1.165, 1.54) is 12.1 Å². The summed E-state index contributed by atoms with van der Waals surface area (Å²) in [5.74, 6) is 0.741. The number of benzene rings is 1. The minimum atomic E-state index is -0.242. The third-order valence-corrected chi connectivity index (χ3v) is 3.10. The number of imidazole rings is 1. The van der Waals surface area contributed by atoms with Gasteiger partial charge in [-0.25, -0.2) is 9.37 Å². The van der Waals surface area contributed by atoms with E-state index in [0.717, 1.165) is 36.2 Å². The van der Waals surface area contributed by atoms with Gasteiger partial charge in [-0.15, -0.1) is 0 Å². The summed E-state index contributed by atoms with van der Waals surface area (Å²) in [5, 5.41) is 0. The molecule has 2 aromatic rings. The first-order chi connectivity index (χ1) is 8.40. The summed E-state index contributed by atoms with van der Waals surface area (Å²) in [6.45, 7) is 6.92. The number of hydrogen-bond acceptors (Lipinski definition) is 2. The molecule has 0 saturated carbocycles. The Morgan fingerprint density at radius 3 is 2.72 bits per heavy atom. The summed E-state index contributed by atoms with van der Waals surface area (Å²) in [7, 11) is 0. The number of aromatic nitrogens is 2. The van der Waals surface area contributed by atoms with Gasteiger partial charge >= 0.3 is 0 Å². The molecule has 0 aliphatic rings. The largest absolute Gasteiger partial charge is 0.328 e. The highest BCUT2D eigenvalue weighted by Gasteiger charge is 2.15. The van der Waals surface area contributed by atoms with Crippen molar-refractivity contribution in [1.29, 1.82) is 0 Å². The van der Waals surface area contributed by atoms with Gasteiger partial charge in [0.15, 0.2) is 0 Å². The van der Waals surface area contributed by atoms with E-state index in [0.29, 0.717) is 0 Å². The Labute approximate surface area is 107 Å². The van der Waals surface area contributed by atoms with Crippen molar-refractivity contribution in [3.63, 3.8) is 0 Å². The zero-order valence-electron chi connectivity index (χ0n) is 11.2. The first-order valence-corrected chi connectivity index (χ1v) is 6.34. The van der Waals surface area contributed by atoms with Crippen molar-refractivity contribution in [3.8, 4) is 0 Å². The lowest BCUT2D eigenvalue weighted by atomic mass is 10.00. The third-order valence-electron chi connectivity index (χ3n) is 3.10. The van der Waals surface area contributed by atoms with Crippen LogP contribution in [0.5, 0.6) is 0 Å². The van der Waals surface area contributed by atoms with Gasteiger partial charge in [-0.05, 0) is 39.3 Å². The second kappa shape index (κ2) is 4.69. The predicted molar refractivity (Wildman–Crippen MR) is 72.0 cm³/mol. The van der Waals surface area contributed by atoms with Crippen molar-refractivity contribution in [1.82, 2.24) is 9.55 Å². The highest BCUT2D eigenvalue weighted by Crippen LogP contribution is 2.19. The minimum absolute atomic E-state index is 0.206. The smallest absolute Gasteiger partial charge is 0.125 e. The lowest BCUT2D eigenvalue weighted by Crippen LogP contribution is -2.32. The maximum Gasteiger partial charge on any atom is 0.125 e. The molecule has 2 N–H and O–H groups in total. The fourth-order valence-electron chi connectivity index (χ4n) is 2.13. The standard InChI is InChI=1S/C14H20FN3/c1-4-18-12-6-5-10(15)9-11(12)17-13(18)7-8-14(2,3)16/h5-6,9H,4,7-8,16H2,1-3H3. The van der Waals surface area contributed by atoms with E-state index < -0.39 is 0 Å². The van der Waals surface area contributed by atoms with Crippen LogP contribution in [0.15, 0.2) is 18.2 Å². The maximum atomic E-state index is 13.2. The van der Waals surface area contributed by atoms with Crippen LogP contribution in [0.2, 0.25) is 0 Å². The van der Waals surface area contributed by atoms with E-state index in [4.69, 9.17) is 5.73 Å². The number of nitrogens with two attached hydrogens (primary N) is 1. The van der Waals surface area contributed by atoms with Gasteiger partial charge in [0.1, 0.15) is 11.6 Å². The van der Waals surface area contributed by atoms with Gasteiger partial charge in [0, 0.05) is 24.6 Å². The van der Waals surface area contributed by atoms with Crippen molar-refractivity contribution in [2.45, 2.75) is 45.7 Å². The minimum Gasteiger partial charge on any atom is -0.328 e. The number of aryl methyl sites for hydroxylation is 2. The number of halogens is 1. The molecule has 98 valence electrons. The second-order valence-electron chi connectivity index (χ2n) is 5.39. The van der Waals surface area contributed by atoms with Crippen LogP contribution in [0.25, 0.3) is 11.0 Å². The molecule has 0 aliphatic carbocycles. The van der Waals surface area contributed by atoms with E-state index >= 15 is 0 Å². The van der Waals surface area contributed by atoms with Crippen LogP contribution in [0.1, 0.15) is 33.0 Å². The molecule has 0 atom stereocenters. The Morgan fingerprint density at radius 2 is 2.11 bits per heavy atom. The lowest BCUT2D eigenvalue weighted by Gasteiger charge is -2.18. The Balaban J connectivity index is 2.38. The Morgan fingerprint density at radius 1 is 1.39 bits per heavy atom. The zero-order valence-corrected chi connectivity index (χ0v) is 11.2. The van der Waals surface area contributed by atoms with Crippen LogP contribution < -0.4 is 5.73 Å². The number of hydrogen-bond donors (Lipinski definition) is 1. The first kappa shape index (κ1) is 13.0. The van der Waals surface area contributed by atoms with E-state index in [1.54, 1.807) is 6.07 Å². The highest BCUT2D eigenvalue weighted by molar-refractivity contribution is 5.76. The SMILES string of the molecule is CCn1c(CCC(C)(C)N)nc2cc(F)ccc21. The molecule has 0 spiro atoms. The maximum absolute atomic E-state index is 13.2. The molecule has 0 amide bonds. The Hall–Kier alpha value is -1.42. The van der Waals surface area contributed by atoms with Gasteiger partial charge in [-0.1, -0.05) is 0 Å². The molecule has 0 unspecified atom stereocenters. The molecule has 0 fully saturated rings. The first-order valence-electron chi connectivity index (χ1n) is 6.34. The summed E-state index contributed by atoms with van der Waals surface area (Å²) in [6.07, 6.45) is 1.67. The predicted octanol–water partition coefficient (Wildman–Crippen LogP) is 2.87. The van der Waals surface area contributed by atoms with Crippen LogP contribution in [0.3, 0.4) is 0 Å². The Bertz CT molecular complexity index is 552. The molecule has 18 heavy (non-hydrogen) atoms. The van der Waals surface area contributed by atoms with Crippen molar-refractivity contribution in [2.75, 3.05) is 0 Å². The summed E-state index contributed by atoms with van der Waals surface area (Å²) >= 11 is 0. The fraction of sp³-hybridized carbons (Fsp3) is 0.500. The van der Waals surface area contributed by atoms with Crippen LogP contribution in [-0.2, 0) is 13.0 Å². The molecule has 1 heterocycles. The third kappa shape index (κ3) is 2.70. The number of nitrogens with zero attached hydrogens (tertiary/aromatic N) is 2.